The summed E-state index contributed by atoms with van der Waals surface area (Å²) in [7, 11) is 0. The van der Waals surface area contributed by atoms with E-state index in [9.17, 15) is 9.90 Å². The van der Waals surface area contributed by atoms with Crippen LogP contribution in [0.2, 0.25) is 5.02 Å². The Morgan fingerprint density at radius 3 is 2.17 bits per heavy atom. The van der Waals surface area contributed by atoms with Gasteiger partial charge in [0.05, 0.1) is 5.41 Å². The van der Waals surface area contributed by atoms with Crippen LogP contribution in [-0.4, -0.2) is 11.1 Å². The topological polar surface area (TPSA) is 37.3 Å². The van der Waals surface area contributed by atoms with Crippen LogP contribution < -0.4 is 0 Å². The minimum Gasteiger partial charge on any atom is -0.481 e. The molecular formula is C15H19ClO2. The van der Waals surface area contributed by atoms with Gasteiger partial charge in [-0.2, -0.15) is 0 Å². The van der Waals surface area contributed by atoms with Crippen LogP contribution in [-0.2, 0) is 11.2 Å². The molecule has 2 rings (SSSR count). The molecule has 0 heterocycles. The summed E-state index contributed by atoms with van der Waals surface area (Å²) in [4.78, 5) is 11.7. The molecular weight excluding hydrogens is 248 g/mol. The third-order valence-electron chi connectivity index (χ3n) is 3.97. The summed E-state index contributed by atoms with van der Waals surface area (Å²) < 4.78 is 0. The second-order valence-electron chi connectivity index (χ2n) is 5.30. The van der Waals surface area contributed by atoms with E-state index in [-0.39, 0.29) is 0 Å². The molecule has 0 bridgehead atoms. The van der Waals surface area contributed by atoms with Gasteiger partial charge in [0.25, 0.3) is 0 Å². The summed E-state index contributed by atoms with van der Waals surface area (Å²) >= 11 is 5.86. The molecule has 0 atom stereocenters. The Kier molecular flexibility index (Phi) is 4.28. The molecule has 1 aliphatic carbocycles. The highest BCUT2D eigenvalue weighted by Gasteiger charge is 2.38. The number of rotatable bonds is 3. The lowest BCUT2D eigenvalue weighted by atomic mass is 9.75. The zero-order valence-electron chi connectivity index (χ0n) is 10.5. The zero-order valence-corrected chi connectivity index (χ0v) is 11.2. The van der Waals surface area contributed by atoms with Gasteiger partial charge in [-0.15, -0.1) is 0 Å². The lowest BCUT2D eigenvalue weighted by Crippen LogP contribution is -2.32. The molecule has 0 aliphatic heterocycles. The predicted molar refractivity (Wildman–Crippen MR) is 72.9 cm³/mol. The number of carboxylic acids is 1. The second kappa shape index (κ2) is 5.75. The molecule has 1 aromatic carbocycles. The summed E-state index contributed by atoms with van der Waals surface area (Å²) in [6, 6.07) is 7.56. The first-order chi connectivity index (χ1) is 8.62. The fourth-order valence-electron chi connectivity index (χ4n) is 2.86. The van der Waals surface area contributed by atoms with Crippen LogP contribution in [0.3, 0.4) is 0 Å². The van der Waals surface area contributed by atoms with Crippen molar-refractivity contribution in [3.05, 3.63) is 34.9 Å². The Labute approximate surface area is 113 Å². The molecule has 3 heteroatoms. The van der Waals surface area contributed by atoms with Gasteiger partial charge in [-0.1, -0.05) is 49.4 Å². The Hall–Kier alpha value is -1.02. The highest BCUT2D eigenvalue weighted by Crippen LogP contribution is 2.38. The van der Waals surface area contributed by atoms with E-state index in [1.807, 2.05) is 24.3 Å². The van der Waals surface area contributed by atoms with Crippen LogP contribution >= 0.6 is 11.6 Å². The van der Waals surface area contributed by atoms with Crippen LogP contribution in [0.1, 0.15) is 44.1 Å². The average Bonchev–Trinajstić information content (AvgIpc) is 2.59. The highest BCUT2D eigenvalue weighted by molar-refractivity contribution is 6.30. The maximum Gasteiger partial charge on any atom is 0.309 e. The Morgan fingerprint density at radius 2 is 1.67 bits per heavy atom. The lowest BCUT2D eigenvalue weighted by molar-refractivity contribution is -0.149. The summed E-state index contributed by atoms with van der Waals surface area (Å²) in [5.41, 5.74) is 0.508. The van der Waals surface area contributed by atoms with Gasteiger partial charge in [-0.3, -0.25) is 4.79 Å². The maximum absolute atomic E-state index is 11.7. The number of aliphatic carboxylic acids is 1. The van der Waals surface area contributed by atoms with Crippen molar-refractivity contribution in [1.29, 1.82) is 0 Å². The van der Waals surface area contributed by atoms with Gasteiger partial charge in [-0.25, -0.2) is 0 Å². The summed E-state index contributed by atoms with van der Waals surface area (Å²) in [6.45, 7) is 0. The summed E-state index contributed by atoms with van der Waals surface area (Å²) in [6.07, 6.45) is 6.60. The third-order valence-corrected chi connectivity index (χ3v) is 4.22. The normalized spacial score (nSPS) is 19.2. The zero-order chi connectivity index (χ0) is 13.0. The Bertz CT molecular complexity index is 403. The molecule has 98 valence electrons. The molecule has 0 spiro atoms. The molecule has 0 amide bonds. The lowest BCUT2D eigenvalue weighted by Gasteiger charge is -2.28. The SMILES string of the molecule is O=C(O)C1(Cc2ccc(Cl)cc2)CCCCCC1. The van der Waals surface area contributed by atoms with E-state index < -0.39 is 11.4 Å². The minimum absolute atomic E-state index is 0.565. The van der Waals surface area contributed by atoms with E-state index in [0.29, 0.717) is 11.4 Å². The van der Waals surface area contributed by atoms with Crippen molar-refractivity contribution < 1.29 is 9.90 Å². The van der Waals surface area contributed by atoms with Gasteiger partial charge >= 0.3 is 5.97 Å². The summed E-state index contributed by atoms with van der Waals surface area (Å²) in [5, 5.41) is 10.3. The predicted octanol–water partition coefficient (Wildman–Crippen LogP) is 4.31. The number of hydrogen-bond acceptors (Lipinski definition) is 1. The standard InChI is InChI=1S/C15H19ClO2/c16-13-7-5-12(6-8-13)11-15(14(17)18)9-3-1-2-4-10-15/h5-8H,1-4,9-11H2,(H,17,18). The molecule has 0 radical (unpaired) electrons. The molecule has 1 saturated carbocycles. The smallest absolute Gasteiger partial charge is 0.309 e. The second-order valence-corrected chi connectivity index (χ2v) is 5.74. The molecule has 2 nitrogen and oxygen atoms in total. The van der Waals surface area contributed by atoms with E-state index in [2.05, 4.69) is 0 Å². The van der Waals surface area contributed by atoms with Gasteiger partial charge in [0, 0.05) is 5.02 Å². The van der Waals surface area contributed by atoms with Crippen LogP contribution in [0.15, 0.2) is 24.3 Å². The molecule has 0 unspecified atom stereocenters. The molecule has 18 heavy (non-hydrogen) atoms. The Morgan fingerprint density at radius 1 is 1.11 bits per heavy atom. The van der Waals surface area contributed by atoms with Crippen LogP contribution in [0.4, 0.5) is 0 Å². The van der Waals surface area contributed by atoms with Crippen LogP contribution in [0, 0.1) is 5.41 Å². The van der Waals surface area contributed by atoms with Gasteiger partial charge in [-0.05, 0) is 37.0 Å². The number of carbonyl (C=O) groups is 1. The fourth-order valence-corrected chi connectivity index (χ4v) is 2.99. The van der Waals surface area contributed by atoms with Crippen LogP contribution in [0.25, 0.3) is 0 Å². The van der Waals surface area contributed by atoms with Crippen molar-refractivity contribution in [3.8, 4) is 0 Å². The quantitative estimate of drug-likeness (QED) is 0.828. The third kappa shape index (κ3) is 3.05. The highest BCUT2D eigenvalue weighted by atomic mass is 35.5. The van der Waals surface area contributed by atoms with Crippen molar-refractivity contribution in [2.75, 3.05) is 0 Å². The monoisotopic (exact) mass is 266 g/mol. The number of halogens is 1. The maximum atomic E-state index is 11.7. The molecule has 1 aliphatic rings. The molecule has 1 aromatic rings. The van der Waals surface area contributed by atoms with E-state index in [4.69, 9.17) is 11.6 Å². The van der Waals surface area contributed by atoms with Crippen molar-refractivity contribution in [1.82, 2.24) is 0 Å². The molecule has 1 fully saturated rings. The van der Waals surface area contributed by atoms with Gasteiger partial charge in [0.2, 0.25) is 0 Å². The Balaban J connectivity index is 2.19. The first-order valence-corrected chi connectivity index (χ1v) is 6.98. The van der Waals surface area contributed by atoms with Crippen molar-refractivity contribution in [3.63, 3.8) is 0 Å². The number of benzene rings is 1. The van der Waals surface area contributed by atoms with E-state index in [0.717, 1.165) is 44.1 Å². The average molecular weight is 267 g/mol. The first-order valence-electron chi connectivity index (χ1n) is 6.60. The van der Waals surface area contributed by atoms with E-state index in [1.165, 1.54) is 0 Å². The number of carboxylic acid groups (broad SMARTS) is 1. The van der Waals surface area contributed by atoms with Gasteiger partial charge < -0.3 is 5.11 Å². The summed E-state index contributed by atoms with van der Waals surface area (Å²) in [5.74, 6) is -0.639. The molecule has 1 N–H and O–H groups in total. The van der Waals surface area contributed by atoms with Crippen molar-refractivity contribution in [2.45, 2.75) is 44.9 Å². The number of hydrogen-bond donors (Lipinski definition) is 1. The molecule has 0 aromatic heterocycles. The van der Waals surface area contributed by atoms with Crippen molar-refractivity contribution >= 4 is 17.6 Å². The van der Waals surface area contributed by atoms with Crippen molar-refractivity contribution in [2.24, 2.45) is 5.41 Å². The van der Waals surface area contributed by atoms with Gasteiger partial charge in [0.1, 0.15) is 0 Å². The first kappa shape index (κ1) is 13.4. The van der Waals surface area contributed by atoms with Gasteiger partial charge in [0.15, 0.2) is 0 Å². The largest absolute Gasteiger partial charge is 0.481 e. The van der Waals surface area contributed by atoms with E-state index in [1.54, 1.807) is 0 Å². The van der Waals surface area contributed by atoms with Crippen LogP contribution in [0.5, 0.6) is 0 Å². The minimum atomic E-state index is -0.639. The molecule has 0 saturated heterocycles. The van der Waals surface area contributed by atoms with E-state index >= 15 is 0 Å². The fraction of sp³-hybridized carbons (Fsp3) is 0.533.